The van der Waals surface area contributed by atoms with E-state index in [-0.39, 0.29) is 17.7 Å². The average molecular weight is 451 g/mol. The fraction of sp³-hybridized carbons (Fsp3) is 0.130. The summed E-state index contributed by atoms with van der Waals surface area (Å²) in [6.07, 6.45) is 0.504. The minimum atomic E-state index is -0.389. The molecule has 0 unspecified atom stereocenters. The number of para-hydroxylation sites is 1. The monoisotopic (exact) mass is 450 g/mol. The summed E-state index contributed by atoms with van der Waals surface area (Å²) in [6, 6.07) is 21.5. The van der Waals surface area contributed by atoms with Crippen LogP contribution in [0.4, 0.5) is 0 Å². The number of ether oxygens (including phenoxy) is 1. The fourth-order valence-corrected chi connectivity index (χ4v) is 3.82. The number of hydrogen-bond donors (Lipinski definition) is 1. The molecule has 3 aromatic carbocycles. The van der Waals surface area contributed by atoms with E-state index >= 15 is 0 Å². The third-order valence-electron chi connectivity index (χ3n) is 4.91. The third-order valence-corrected chi connectivity index (χ3v) is 5.40. The lowest BCUT2D eigenvalue weighted by Crippen LogP contribution is -2.27. The maximum Gasteiger partial charge on any atom is 0.274 e. The van der Waals surface area contributed by atoms with Gasteiger partial charge in [-0.1, -0.05) is 40.2 Å². The summed E-state index contributed by atoms with van der Waals surface area (Å²) in [5.74, 6) is 0.686. The Morgan fingerprint density at radius 2 is 1.86 bits per heavy atom. The first kappa shape index (κ1) is 19.2. The minimum Gasteiger partial charge on any atom is -0.508 e. The van der Waals surface area contributed by atoms with Crippen molar-refractivity contribution in [3.05, 3.63) is 94.0 Å². The lowest BCUT2D eigenvalue weighted by atomic mass is 9.97. The molecule has 4 rings (SSSR count). The number of nitrogens with zero attached hydrogens (tertiary/aromatic N) is 2. The van der Waals surface area contributed by atoms with Crippen molar-refractivity contribution in [1.82, 2.24) is 5.01 Å². The van der Waals surface area contributed by atoms with Crippen molar-refractivity contribution in [2.75, 3.05) is 7.11 Å². The molecule has 0 radical (unpaired) electrons. The Bertz CT molecular complexity index is 1080. The molecule has 0 fully saturated rings. The first-order valence-corrected chi connectivity index (χ1v) is 9.95. The fourth-order valence-electron chi connectivity index (χ4n) is 3.42. The van der Waals surface area contributed by atoms with E-state index in [1.165, 1.54) is 5.01 Å². The number of carbonyl (C=O) groups is 1. The van der Waals surface area contributed by atoms with E-state index in [2.05, 4.69) is 21.0 Å². The zero-order chi connectivity index (χ0) is 20.4. The van der Waals surface area contributed by atoms with Gasteiger partial charge in [0, 0.05) is 22.0 Å². The van der Waals surface area contributed by atoms with Gasteiger partial charge >= 0.3 is 0 Å². The minimum absolute atomic E-state index is 0.149. The van der Waals surface area contributed by atoms with Crippen molar-refractivity contribution in [3.8, 4) is 11.5 Å². The number of rotatable bonds is 4. The van der Waals surface area contributed by atoms with Crippen molar-refractivity contribution in [1.29, 1.82) is 0 Å². The number of benzene rings is 3. The Kier molecular flexibility index (Phi) is 5.36. The van der Waals surface area contributed by atoms with Gasteiger partial charge < -0.3 is 9.84 Å². The van der Waals surface area contributed by atoms with Gasteiger partial charge in [0.15, 0.2) is 0 Å². The van der Waals surface area contributed by atoms with Crippen LogP contribution in [-0.4, -0.2) is 28.8 Å². The van der Waals surface area contributed by atoms with Crippen LogP contribution in [0.25, 0.3) is 0 Å². The molecule has 5 nitrogen and oxygen atoms in total. The van der Waals surface area contributed by atoms with Crippen molar-refractivity contribution in [2.45, 2.75) is 12.5 Å². The molecule has 29 heavy (non-hydrogen) atoms. The summed E-state index contributed by atoms with van der Waals surface area (Å²) < 4.78 is 6.04. The van der Waals surface area contributed by atoms with Crippen LogP contribution in [0, 0.1) is 0 Å². The van der Waals surface area contributed by atoms with Gasteiger partial charge in [-0.25, -0.2) is 5.01 Å². The van der Waals surface area contributed by atoms with Crippen molar-refractivity contribution in [3.63, 3.8) is 0 Å². The molecule has 1 heterocycles. The van der Waals surface area contributed by atoms with Crippen LogP contribution >= 0.6 is 15.9 Å². The zero-order valence-corrected chi connectivity index (χ0v) is 17.3. The number of methoxy groups -OCH3 is 1. The number of phenols is 1. The molecule has 1 aliphatic heterocycles. The summed E-state index contributed by atoms with van der Waals surface area (Å²) in [6.45, 7) is 0. The van der Waals surface area contributed by atoms with Crippen LogP contribution in [-0.2, 0) is 0 Å². The molecule has 1 N–H and O–H groups in total. The van der Waals surface area contributed by atoms with Crippen LogP contribution in [0.15, 0.2) is 82.4 Å². The number of carbonyl (C=O) groups excluding carboxylic acids is 1. The van der Waals surface area contributed by atoms with Gasteiger partial charge in [0.2, 0.25) is 0 Å². The first-order valence-electron chi connectivity index (χ1n) is 9.16. The van der Waals surface area contributed by atoms with Crippen LogP contribution in [0.2, 0.25) is 0 Å². The summed E-state index contributed by atoms with van der Waals surface area (Å²) >= 11 is 3.41. The van der Waals surface area contributed by atoms with Crippen LogP contribution in [0.3, 0.4) is 0 Å². The van der Waals surface area contributed by atoms with Gasteiger partial charge in [0.1, 0.15) is 11.5 Å². The number of hydrazone groups is 1. The molecule has 1 aliphatic rings. The number of hydrogen-bond acceptors (Lipinski definition) is 4. The number of amides is 1. The average Bonchev–Trinajstić information content (AvgIpc) is 3.18. The van der Waals surface area contributed by atoms with Gasteiger partial charge in [0.25, 0.3) is 5.91 Å². The smallest absolute Gasteiger partial charge is 0.274 e. The third kappa shape index (κ3) is 3.89. The van der Waals surface area contributed by atoms with E-state index in [1.807, 2.05) is 48.5 Å². The Hall–Kier alpha value is -3.12. The van der Waals surface area contributed by atoms with E-state index < -0.39 is 0 Å². The highest BCUT2D eigenvalue weighted by Crippen LogP contribution is 2.38. The van der Waals surface area contributed by atoms with E-state index in [4.69, 9.17) is 4.74 Å². The standard InChI is InChI=1S/C23H19BrN2O3/c1-29-18-11-9-15(10-12-18)20-14-21(19-7-2-3-8-22(19)27)26(25-20)23(28)16-5-4-6-17(24)13-16/h2-13,21,27H,14H2,1H3/t21-/m1/s1. The summed E-state index contributed by atoms with van der Waals surface area (Å²) in [7, 11) is 1.62. The summed E-state index contributed by atoms with van der Waals surface area (Å²) in [5, 5.41) is 16.5. The van der Waals surface area contributed by atoms with Gasteiger partial charge in [-0.05, 0) is 54.1 Å². The predicted octanol–water partition coefficient (Wildman–Crippen LogP) is 5.15. The molecular formula is C23H19BrN2O3. The normalized spacial score (nSPS) is 15.9. The summed E-state index contributed by atoms with van der Waals surface area (Å²) in [5.41, 5.74) is 2.89. The Morgan fingerprint density at radius 3 is 2.55 bits per heavy atom. The molecule has 0 aliphatic carbocycles. The molecule has 0 spiro atoms. The van der Waals surface area contributed by atoms with E-state index in [0.717, 1.165) is 21.5 Å². The molecular weight excluding hydrogens is 432 g/mol. The second kappa shape index (κ2) is 8.09. The number of phenolic OH excluding ortho intramolecular Hbond substituents is 1. The topological polar surface area (TPSA) is 62.1 Å². The second-order valence-electron chi connectivity index (χ2n) is 6.71. The molecule has 6 heteroatoms. The van der Waals surface area contributed by atoms with E-state index in [0.29, 0.717) is 17.5 Å². The van der Waals surface area contributed by atoms with Crippen LogP contribution < -0.4 is 4.74 Å². The Morgan fingerprint density at radius 1 is 1.10 bits per heavy atom. The summed E-state index contributed by atoms with van der Waals surface area (Å²) in [4.78, 5) is 13.3. The van der Waals surface area contributed by atoms with Gasteiger partial charge in [0.05, 0.1) is 18.9 Å². The molecule has 3 aromatic rings. The second-order valence-corrected chi connectivity index (χ2v) is 7.63. The molecule has 1 amide bonds. The van der Waals surface area contributed by atoms with E-state index in [1.54, 1.807) is 31.4 Å². The lowest BCUT2D eigenvalue weighted by molar-refractivity contribution is 0.0709. The number of aromatic hydroxyl groups is 1. The van der Waals surface area contributed by atoms with Crippen LogP contribution in [0.5, 0.6) is 11.5 Å². The highest BCUT2D eigenvalue weighted by atomic mass is 79.9. The van der Waals surface area contributed by atoms with Gasteiger partial charge in [-0.3, -0.25) is 4.79 Å². The van der Waals surface area contributed by atoms with Crippen molar-refractivity contribution < 1.29 is 14.6 Å². The Labute approximate surface area is 177 Å². The molecule has 0 aromatic heterocycles. The Balaban J connectivity index is 1.74. The zero-order valence-electron chi connectivity index (χ0n) is 15.7. The molecule has 0 saturated carbocycles. The molecule has 0 bridgehead atoms. The molecule has 146 valence electrons. The largest absolute Gasteiger partial charge is 0.508 e. The van der Waals surface area contributed by atoms with E-state index in [9.17, 15) is 9.90 Å². The van der Waals surface area contributed by atoms with Crippen LogP contribution in [0.1, 0.15) is 33.9 Å². The highest BCUT2D eigenvalue weighted by Gasteiger charge is 2.35. The maximum absolute atomic E-state index is 13.3. The first-order chi connectivity index (χ1) is 14.1. The number of halogens is 1. The lowest BCUT2D eigenvalue weighted by Gasteiger charge is -2.22. The molecule has 0 saturated heterocycles. The van der Waals surface area contributed by atoms with Crippen molar-refractivity contribution in [2.24, 2.45) is 5.10 Å². The predicted molar refractivity (Wildman–Crippen MR) is 115 cm³/mol. The van der Waals surface area contributed by atoms with Gasteiger partial charge in [-0.2, -0.15) is 5.10 Å². The maximum atomic E-state index is 13.3. The quantitative estimate of drug-likeness (QED) is 0.597. The highest BCUT2D eigenvalue weighted by molar-refractivity contribution is 9.10. The SMILES string of the molecule is COc1ccc(C2=NN(C(=O)c3cccc(Br)c3)[C@@H](c3ccccc3O)C2)cc1. The van der Waals surface area contributed by atoms with Crippen molar-refractivity contribution >= 4 is 27.5 Å². The van der Waals surface area contributed by atoms with Gasteiger partial charge in [-0.15, -0.1) is 0 Å². The molecule has 1 atom stereocenters.